The Kier molecular flexibility index (Phi) is 8.21. The van der Waals surface area contributed by atoms with Gasteiger partial charge in [-0.3, -0.25) is 4.79 Å². The fraction of sp³-hybridized carbons (Fsp3) is 0.167. The number of amides is 1. The second kappa shape index (κ2) is 11.3. The molecule has 3 rings (SSSR count). The van der Waals surface area contributed by atoms with E-state index in [1.165, 1.54) is 25.5 Å². The lowest BCUT2D eigenvalue weighted by Gasteiger charge is -2.14. The molecule has 8 heteroatoms. The van der Waals surface area contributed by atoms with Crippen molar-refractivity contribution in [1.82, 2.24) is 5.43 Å². The molecule has 0 aliphatic heterocycles. The fourth-order valence-corrected chi connectivity index (χ4v) is 3.25. The normalized spacial score (nSPS) is 10.8. The fourth-order valence-electron chi connectivity index (χ4n) is 2.83. The van der Waals surface area contributed by atoms with Crippen LogP contribution >= 0.6 is 15.9 Å². The third-order valence-corrected chi connectivity index (χ3v) is 5.08. The topological polar surface area (TPSA) is 69.2 Å². The molecule has 0 bridgehead atoms. The largest absolute Gasteiger partial charge is 0.496 e. The van der Waals surface area contributed by atoms with E-state index in [9.17, 15) is 9.18 Å². The minimum absolute atomic E-state index is 0.259. The van der Waals surface area contributed by atoms with Crippen LogP contribution in [0.2, 0.25) is 0 Å². The van der Waals surface area contributed by atoms with E-state index >= 15 is 0 Å². The number of hydrogen-bond donors (Lipinski definition) is 1. The van der Waals surface area contributed by atoms with Crippen molar-refractivity contribution in [2.24, 2.45) is 5.10 Å². The van der Waals surface area contributed by atoms with Crippen LogP contribution in [0, 0.1) is 5.82 Å². The van der Waals surface area contributed by atoms with Crippen LogP contribution in [-0.4, -0.2) is 25.8 Å². The van der Waals surface area contributed by atoms with E-state index in [2.05, 4.69) is 26.5 Å². The molecule has 0 atom stereocenters. The highest BCUT2D eigenvalue weighted by atomic mass is 79.9. The molecule has 6 nitrogen and oxygen atoms in total. The molecule has 0 unspecified atom stereocenters. The second-order valence-corrected chi connectivity index (χ2v) is 7.42. The number of hydrazone groups is 1. The van der Waals surface area contributed by atoms with Gasteiger partial charge in [-0.15, -0.1) is 0 Å². The number of methoxy groups -OCH3 is 1. The SMILES string of the molecule is CCOc1cc(/C=N\NC(=O)c2ccccc2OC)c(Br)cc1OCc1ccc(F)cc1. The van der Waals surface area contributed by atoms with E-state index < -0.39 is 0 Å². The summed E-state index contributed by atoms with van der Waals surface area (Å²) >= 11 is 3.49. The second-order valence-electron chi connectivity index (χ2n) is 6.57. The Morgan fingerprint density at radius 2 is 1.78 bits per heavy atom. The average Bonchev–Trinajstić information content (AvgIpc) is 2.81. The molecule has 0 aromatic heterocycles. The Labute approximate surface area is 194 Å². The molecular weight excluding hydrogens is 479 g/mol. The smallest absolute Gasteiger partial charge is 0.275 e. The number of ether oxygens (including phenoxy) is 3. The lowest BCUT2D eigenvalue weighted by atomic mass is 10.2. The third kappa shape index (κ3) is 6.07. The molecule has 3 aromatic carbocycles. The summed E-state index contributed by atoms with van der Waals surface area (Å²) in [6.45, 7) is 2.57. The van der Waals surface area contributed by atoms with E-state index in [1.54, 1.807) is 48.5 Å². The molecule has 0 fully saturated rings. The Morgan fingerprint density at radius 1 is 1.06 bits per heavy atom. The zero-order valence-electron chi connectivity index (χ0n) is 17.6. The summed E-state index contributed by atoms with van der Waals surface area (Å²) in [6.07, 6.45) is 1.50. The van der Waals surface area contributed by atoms with Crippen molar-refractivity contribution in [3.63, 3.8) is 0 Å². The van der Waals surface area contributed by atoms with Gasteiger partial charge in [0.05, 0.1) is 25.5 Å². The van der Waals surface area contributed by atoms with Gasteiger partial charge in [-0.05, 0) is 64.8 Å². The molecule has 0 saturated heterocycles. The number of benzene rings is 3. The molecular formula is C24H22BrFN2O4. The number of carbonyl (C=O) groups is 1. The van der Waals surface area contributed by atoms with Crippen molar-refractivity contribution >= 4 is 28.1 Å². The Bertz CT molecular complexity index is 1100. The number of halogens is 2. The van der Waals surface area contributed by atoms with E-state index in [0.29, 0.717) is 39.5 Å². The molecule has 1 N–H and O–H groups in total. The maximum atomic E-state index is 13.1. The van der Waals surface area contributed by atoms with E-state index in [1.807, 2.05) is 6.92 Å². The number of nitrogens with zero attached hydrogens (tertiary/aromatic N) is 1. The van der Waals surface area contributed by atoms with Crippen LogP contribution in [0.4, 0.5) is 4.39 Å². The van der Waals surface area contributed by atoms with Gasteiger partial charge in [-0.1, -0.05) is 24.3 Å². The van der Waals surface area contributed by atoms with Crippen LogP contribution < -0.4 is 19.6 Å². The highest BCUT2D eigenvalue weighted by Gasteiger charge is 2.12. The number of hydrogen-bond acceptors (Lipinski definition) is 5. The van der Waals surface area contributed by atoms with Crippen molar-refractivity contribution in [2.45, 2.75) is 13.5 Å². The minimum Gasteiger partial charge on any atom is -0.496 e. The van der Waals surface area contributed by atoms with Gasteiger partial charge in [-0.25, -0.2) is 9.82 Å². The monoisotopic (exact) mass is 500 g/mol. The van der Waals surface area contributed by atoms with Crippen molar-refractivity contribution in [3.05, 3.63) is 87.6 Å². The van der Waals surface area contributed by atoms with Gasteiger partial charge < -0.3 is 14.2 Å². The number of carbonyl (C=O) groups excluding carboxylic acids is 1. The summed E-state index contributed by atoms with van der Waals surface area (Å²) < 4.78 is 30.6. The molecule has 0 aliphatic carbocycles. The molecule has 0 aliphatic rings. The van der Waals surface area contributed by atoms with Gasteiger partial charge in [-0.2, -0.15) is 5.10 Å². The Hall–Kier alpha value is -3.39. The highest BCUT2D eigenvalue weighted by Crippen LogP contribution is 2.34. The number of rotatable bonds is 9. The zero-order chi connectivity index (χ0) is 22.9. The molecule has 1 amide bonds. The molecule has 0 radical (unpaired) electrons. The Morgan fingerprint density at radius 3 is 2.50 bits per heavy atom. The first kappa shape index (κ1) is 23.3. The predicted molar refractivity (Wildman–Crippen MR) is 124 cm³/mol. The first-order valence-corrected chi connectivity index (χ1v) is 10.6. The zero-order valence-corrected chi connectivity index (χ0v) is 19.2. The molecule has 0 spiro atoms. The first-order chi connectivity index (χ1) is 15.5. The maximum Gasteiger partial charge on any atom is 0.275 e. The van der Waals surface area contributed by atoms with Gasteiger partial charge in [0.1, 0.15) is 18.2 Å². The molecule has 32 heavy (non-hydrogen) atoms. The summed E-state index contributed by atoms with van der Waals surface area (Å²) in [6, 6.07) is 16.5. The van der Waals surface area contributed by atoms with Gasteiger partial charge in [0.25, 0.3) is 5.91 Å². The van der Waals surface area contributed by atoms with Gasteiger partial charge in [0.2, 0.25) is 0 Å². The Balaban J connectivity index is 1.73. The van der Waals surface area contributed by atoms with E-state index in [-0.39, 0.29) is 18.3 Å². The van der Waals surface area contributed by atoms with Crippen LogP contribution in [0.25, 0.3) is 0 Å². The van der Waals surface area contributed by atoms with Crippen LogP contribution in [0.5, 0.6) is 17.2 Å². The van der Waals surface area contributed by atoms with Crippen LogP contribution in [0.1, 0.15) is 28.4 Å². The van der Waals surface area contributed by atoms with Crippen molar-refractivity contribution in [3.8, 4) is 17.2 Å². The third-order valence-electron chi connectivity index (χ3n) is 4.39. The standard InChI is InChI=1S/C24H22BrFN2O4/c1-3-31-22-12-17(14-27-28-24(29)19-6-4-5-7-21(19)30-2)20(25)13-23(22)32-15-16-8-10-18(26)11-9-16/h4-14H,3,15H2,1-2H3,(H,28,29)/b27-14-. The molecule has 166 valence electrons. The highest BCUT2D eigenvalue weighted by molar-refractivity contribution is 9.10. The molecule has 3 aromatic rings. The number of para-hydroxylation sites is 1. The number of nitrogens with one attached hydrogen (secondary N) is 1. The summed E-state index contributed by atoms with van der Waals surface area (Å²) in [4.78, 5) is 12.4. The van der Waals surface area contributed by atoms with Gasteiger partial charge >= 0.3 is 0 Å². The molecule has 0 saturated carbocycles. The van der Waals surface area contributed by atoms with Gasteiger partial charge in [0, 0.05) is 10.0 Å². The van der Waals surface area contributed by atoms with Gasteiger partial charge in [0.15, 0.2) is 11.5 Å². The van der Waals surface area contributed by atoms with Crippen molar-refractivity contribution in [1.29, 1.82) is 0 Å². The van der Waals surface area contributed by atoms with Crippen LogP contribution in [0.15, 0.2) is 70.2 Å². The molecule has 0 heterocycles. The average molecular weight is 501 g/mol. The summed E-state index contributed by atoms with van der Waals surface area (Å²) in [5.74, 6) is 0.822. The van der Waals surface area contributed by atoms with Crippen molar-refractivity contribution in [2.75, 3.05) is 13.7 Å². The maximum absolute atomic E-state index is 13.1. The van der Waals surface area contributed by atoms with E-state index in [0.717, 1.165) is 5.56 Å². The summed E-state index contributed by atoms with van der Waals surface area (Å²) in [5, 5.41) is 4.04. The lowest BCUT2D eigenvalue weighted by molar-refractivity contribution is 0.0952. The first-order valence-electron chi connectivity index (χ1n) is 9.81. The lowest BCUT2D eigenvalue weighted by Crippen LogP contribution is -2.18. The van der Waals surface area contributed by atoms with E-state index in [4.69, 9.17) is 14.2 Å². The van der Waals surface area contributed by atoms with Crippen molar-refractivity contribution < 1.29 is 23.4 Å². The predicted octanol–water partition coefficient (Wildman–Crippen LogP) is 5.34. The van der Waals surface area contributed by atoms with Crippen LogP contribution in [-0.2, 0) is 6.61 Å². The quantitative estimate of drug-likeness (QED) is 0.318. The van der Waals surface area contributed by atoms with Crippen LogP contribution in [0.3, 0.4) is 0 Å². The minimum atomic E-state index is -0.390. The summed E-state index contributed by atoms with van der Waals surface area (Å²) in [7, 11) is 1.50. The summed E-state index contributed by atoms with van der Waals surface area (Å²) in [5.41, 5.74) is 4.39.